The molecule has 3 aliphatic rings. The van der Waals surface area contributed by atoms with Crippen molar-refractivity contribution >= 4 is 38.9 Å². The predicted octanol–water partition coefficient (Wildman–Crippen LogP) is 15.9. The molecule has 2 nitrogen and oxygen atoms in total. The highest BCUT2D eigenvalue weighted by Crippen LogP contribution is 2.66. The summed E-state index contributed by atoms with van der Waals surface area (Å²) in [6, 6.07) is 72.5. The first-order chi connectivity index (χ1) is 30.1. The number of para-hydroxylation sites is 3. The van der Waals surface area contributed by atoms with E-state index in [-0.39, 0.29) is 5.41 Å². The van der Waals surface area contributed by atoms with Crippen LogP contribution in [0.5, 0.6) is 0 Å². The summed E-state index contributed by atoms with van der Waals surface area (Å²) in [4.78, 5) is 2.53. The van der Waals surface area contributed by atoms with E-state index in [4.69, 9.17) is 0 Å². The second kappa shape index (κ2) is 14.2. The molecule has 61 heavy (non-hydrogen) atoms. The maximum atomic E-state index is 2.57. The minimum Gasteiger partial charge on any atom is -0.310 e. The van der Waals surface area contributed by atoms with Crippen molar-refractivity contribution in [3.8, 4) is 39.1 Å². The van der Waals surface area contributed by atoms with Crippen molar-refractivity contribution < 1.29 is 0 Å². The summed E-state index contributed by atoms with van der Waals surface area (Å²) in [5, 5.41) is 2.55. The first-order valence-corrected chi connectivity index (χ1v) is 22.4. The van der Waals surface area contributed by atoms with E-state index in [1.54, 1.807) is 11.1 Å². The van der Waals surface area contributed by atoms with Crippen LogP contribution in [0, 0.1) is 23.7 Å². The molecule has 0 aliphatic heterocycles. The lowest BCUT2D eigenvalue weighted by molar-refractivity contribution is 0.0426. The number of benzene rings is 8. The van der Waals surface area contributed by atoms with Crippen molar-refractivity contribution in [1.29, 1.82) is 0 Å². The van der Waals surface area contributed by atoms with Crippen LogP contribution in [0.4, 0.5) is 17.1 Å². The monoisotopic (exact) mass is 786 g/mol. The Morgan fingerprint density at radius 1 is 0.459 bits per heavy atom. The molecule has 5 atom stereocenters. The third kappa shape index (κ3) is 5.54. The molecule has 2 saturated carbocycles. The highest BCUT2D eigenvalue weighted by Gasteiger charge is 2.57. The van der Waals surface area contributed by atoms with Gasteiger partial charge in [-0.05, 0) is 131 Å². The first-order valence-electron chi connectivity index (χ1n) is 22.4. The van der Waals surface area contributed by atoms with Gasteiger partial charge >= 0.3 is 0 Å². The Balaban J connectivity index is 1.03. The second-order valence-corrected chi connectivity index (χ2v) is 18.3. The Morgan fingerprint density at radius 2 is 1.03 bits per heavy atom. The lowest BCUT2D eigenvalue weighted by Crippen LogP contribution is -2.49. The SMILES string of the molecule is C[C@H]1C[C@@H]2C[C@H](C1)C1(c3ccccc3-c3c(N(c4ccc(-c5ccccc5)cc4)c4ccc(-c5ccccc5-n5c6ccccc6c6ccccc65)cc4)cccc31)[C@H](C)C2. The van der Waals surface area contributed by atoms with Crippen molar-refractivity contribution in [1.82, 2.24) is 4.57 Å². The molecule has 1 spiro atoms. The Kier molecular flexibility index (Phi) is 8.46. The highest BCUT2D eigenvalue weighted by atomic mass is 15.1. The van der Waals surface area contributed by atoms with Crippen LogP contribution in [0.25, 0.3) is 60.9 Å². The maximum absolute atomic E-state index is 2.57. The zero-order chi connectivity index (χ0) is 40.7. The third-order valence-electron chi connectivity index (χ3n) is 14.9. The van der Waals surface area contributed by atoms with Crippen molar-refractivity contribution in [2.75, 3.05) is 4.90 Å². The van der Waals surface area contributed by atoms with E-state index in [9.17, 15) is 0 Å². The van der Waals surface area contributed by atoms with Gasteiger partial charge in [0.25, 0.3) is 0 Å². The molecular weight excluding hydrogens is 737 g/mol. The Bertz CT molecular complexity index is 3030. The minimum atomic E-state index is 0.0241. The fraction of sp³-hybridized carbons (Fsp3) is 0.186. The zero-order valence-corrected chi connectivity index (χ0v) is 35.0. The topological polar surface area (TPSA) is 8.17 Å². The molecule has 12 rings (SSSR count). The third-order valence-corrected chi connectivity index (χ3v) is 14.9. The van der Waals surface area contributed by atoms with Crippen molar-refractivity contribution in [3.63, 3.8) is 0 Å². The van der Waals surface area contributed by atoms with E-state index in [1.807, 2.05) is 0 Å². The van der Waals surface area contributed by atoms with E-state index in [1.165, 1.54) is 92.2 Å². The Hall–Kier alpha value is -6.64. The molecule has 0 radical (unpaired) electrons. The summed E-state index contributed by atoms with van der Waals surface area (Å²) >= 11 is 0. The molecule has 0 saturated heterocycles. The number of anilines is 3. The van der Waals surface area contributed by atoms with Gasteiger partial charge in [-0.2, -0.15) is 0 Å². The van der Waals surface area contributed by atoms with Gasteiger partial charge in [-0.25, -0.2) is 0 Å². The van der Waals surface area contributed by atoms with E-state index in [0.717, 1.165) is 23.2 Å². The van der Waals surface area contributed by atoms with Gasteiger partial charge in [0.2, 0.25) is 0 Å². The number of aromatic nitrogens is 1. The molecule has 2 heteroatoms. The predicted molar refractivity (Wildman–Crippen MR) is 256 cm³/mol. The Labute approximate surface area is 359 Å². The standard InChI is InChI=1S/C59H50N2/c1-39-35-41-37-40(2)59(45(36-39)38-41)52-21-10-6-20-51(52)58-53(59)22-14-26-57(58)60(46-31-27-43(28-32-46)42-15-4-3-5-16-42)47-33-29-44(30-34-47)48-17-7-11-23-54(48)61-55-24-12-8-18-49(55)50-19-9-13-25-56(50)61/h3-34,39-41,45H,35-38H2,1-2H3/t39-,40+,41-,45-,59?/m0/s1. The molecule has 0 N–H and O–H groups in total. The van der Waals surface area contributed by atoms with E-state index < -0.39 is 0 Å². The molecular formula is C59H50N2. The van der Waals surface area contributed by atoms with Crippen LogP contribution < -0.4 is 4.90 Å². The smallest absolute Gasteiger partial charge is 0.0543 e. The molecule has 2 fully saturated rings. The quantitative estimate of drug-likeness (QED) is 0.163. The van der Waals surface area contributed by atoms with Gasteiger partial charge < -0.3 is 9.47 Å². The van der Waals surface area contributed by atoms with Gasteiger partial charge in [-0.15, -0.1) is 0 Å². The summed E-state index contributed by atoms with van der Waals surface area (Å²) < 4.78 is 2.44. The van der Waals surface area contributed by atoms with Gasteiger partial charge in [0.15, 0.2) is 0 Å². The van der Waals surface area contributed by atoms with Gasteiger partial charge in [0.05, 0.1) is 22.4 Å². The maximum Gasteiger partial charge on any atom is 0.0543 e. The number of nitrogens with zero attached hydrogens (tertiary/aromatic N) is 2. The minimum absolute atomic E-state index is 0.0241. The number of fused-ring (bicyclic) bond motifs is 11. The van der Waals surface area contributed by atoms with Crippen LogP contribution >= 0.6 is 0 Å². The van der Waals surface area contributed by atoms with Crippen LogP contribution in [0.2, 0.25) is 0 Å². The fourth-order valence-corrected chi connectivity index (χ4v) is 12.7. The summed E-state index contributed by atoms with van der Waals surface area (Å²) in [6.07, 6.45) is 5.34. The summed E-state index contributed by atoms with van der Waals surface area (Å²) in [6.45, 7) is 5.08. The largest absolute Gasteiger partial charge is 0.310 e. The van der Waals surface area contributed by atoms with Gasteiger partial charge in [0.1, 0.15) is 0 Å². The van der Waals surface area contributed by atoms with Gasteiger partial charge in [-0.1, -0.05) is 159 Å². The molecule has 296 valence electrons. The summed E-state index contributed by atoms with van der Waals surface area (Å²) in [7, 11) is 0. The zero-order valence-electron chi connectivity index (χ0n) is 35.0. The molecule has 2 bridgehead atoms. The lowest BCUT2D eigenvalue weighted by atomic mass is 9.49. The van der Waals surface area contributed by atoms with Crippen LogP contribution in [0.3, 0.4) is 0 Å². The van der Waals surface area contributed by atoms with Crippen molar-refractivity contribution in [3.05, 3.63) is 205 Å². The molecule has 1 unspecified atom stereocenters. The lowest BCUT2D eigenvalue weighted by Gasteiger charge is -2.54. The summed E-state index contributed by atoms with van der Waals surface area (Å²) in [5.74, 6) is 2.83. The van der Waals surface area contributed by atoms with Crippen molar-refractivity contribution in [2.45, 2.75) is 44.9 Å². The summed E-state index contributed by atoms with van der Waals surface area (Å²) in [5.41, 5.74) is 18.0. The molecule has 0 amide bonds. The highest BCUT2D eigenvalue weighted by molar-refractivity contribution is 6.09. The number of hydrogen-bond donors (Lipinski definition) is 0. The fourth-order valence-electron chi connectivity index (χ4n) is 12.7. The first kappa shape index (κ1) is 36.2. The van der Waals surface area contributed by atoms with Crippen LogP contribution in [0.15, 0.2) is 194 Å². The number of rotatable bonds is 6. The van der Waals surface area contributed by atoms with Crippen LogP contribution in [-0.2, 0) is 5.41 Å². The van der Waals surface area contributed by atoms with Crippen LogP contribution in [-0.4, -0.2) is 4.57 Å². The van der Waals surface area contributed by atoms with E-state index in [2.05, 4.69) is 217 Å². The molecule has 9 aromatic rings. The van der Waals surface area contributed by atoms with Gasteiger partial charge in [0, 0.05) is 38.7 Å². The average Bonchev–Trinajstić information content (AvgIpc) is 3.81. The molecule has 8 aromatic carbocycles. The van der Waals surface area contributed by atoms with Crippen LogP contribution in [0.1, 0.15) is 50.7 Å². The van der Waals surface area contributed by atoms with Crippen molar-refractivity contribution in [2.24, 2.45) is 23.7 Å². The second-order valence-electron chi connectivity index (χ2n) is 18.3. The Morgan fingerprint density at radius 3 is 1.75 bits per heavy atom. The average molecular weight is 787 g/mol. The molecule has 1 aromatic heterocycles. The molecule has 1 heterocycles. The van der Waals surface area contributed by atoms with E-state index >= 15 is 0 Å². The normalized spacial score (nSPS) is 21.4. The van der Waals surface area contributed by atoms with E-state index in [0.29, 0.717) is 11.8 Å². The van der Waals surface area contributed by atoms with Gasteiger partial charge in [-0.3, -0.25) is 0 Å². The number of hydrogen-bond acceptors (Lipinski definition) is 1. The molecule has 3 aliphatic carbocycles.